The van der Waals surface area contributed by atoms with E-state index in [1.165, 1.54) is 180 Å². The van der Waals surface area contributed by atoms with E-state index in [2.05, 4.69) is 48.5 Å². The summed E-state index contributed by atoms with van der Waals surface area (Å²) >= 11 is 0. The van der Waals surface area contributed by atoms with Crippen molar-refractivity contribution in [3.05, 3.63) is 0 Å². The molecule has 6 atom stereocenters. The molecule has 0 aliphatic carbocycles. The lowest BCUT2D eigenvalue weighted by atomic mass is 9.99. The molecular formula is C73H142O17P2. The number of carbonyl (C=O) groups is 4. The van der Waals surface area contributed by atoms with Crippen LogP contribution in [0.25, 0.3) is 0 Å². The van der Waals surface area contributed by atoms with E-state index in [1.54, 1.807) is 0 Å². The van der Waals surface area contributed by atoms with Crippen LogP contribution in [-0.4, -0.2) is 96.7 Å². The Morgan fingerprint density at radius 3 is 0.826 bits per heavy atom. The number of hydrogen-bond acceptors (Lipinski definition) is 15. The van der Waals surface area contributed by atoms with E-state index in [1.807, 2.05) is 0 Å². The Morgan fingerprint density at radius 2 is 0.554 bits per heavy atom. The minimum atomic E-state index is -4.95. The molecule has 17 nitrogen and oxygen atoms in total. The largest absolute Gasteiger partial charge is 0.472 e. The second-order valence-corrected chi connectivity index (χ2v) is 30.4. The van der Waals surface area contributed by atoms with Crippen molar-refractivity contribution in [2.75, 3.05) is 39.6 Å². The van der Waals surface area contributed by atoms with E-state index >= 15 is 0 Å². The van der Waals surface area contributed by atoms with Crippen molar-refractivity contribution >= 4 is 39.5 Å². The minimum absolute atomic E-state index is 0.104. The van der Waals surface area contributed by atoms with E-state index in [0.717, 1.165) is 108 Å². The third-order valence-corrected chi connectivity index (χ3v) is 19.1. The van der Waals surface area contributed by atoms with Gasteiger partial charge in [-0.05, 0) is 43.4 Å². The molecule has 0 aliphatic rings. The molecule has 0 bridgehead atoms. The molecule has 0 aromatic carbocycles. The molecule has 92 heavy (non-hydrogen) atoms. The Hall–Kier alpha value is -1.94. The zero-order valence-electron chi connectivity index (χ0n) is 60.0. The molecule has 0 saturated carbocycles. The Morgan fingerprint density at radius 1 is 0.315 bits per heavy atom. The summed E-state index contributed by atoms with van der Waals surface area (Å²) in [5.74, 6) is 0.167. The van der Waals surface area contributed by atoms with Crippen LogP contribution in [0, 0.1) is 17.8 Å². The zero-order chi connectivity index (χ0) is 68.0. The van der Waals surface area contributed by atoms with Crippen molar-refractivity contribution in [2.45, 2.75) is 388 Å². The normalized spacial score (nSPS) is 14.4. The molecular weight excluding hydrogens is 1210 g/mol. The summed E-state index contributed by atoms with van der Waals surface area (Å²) in [5.41, 5.74) is 0. The summed E-state index contributed by atoms with van der Waals surface area (Å²) in [6.45, 7) is 11.9. The molecule has 546 valence electrons. The van der Waals surface area contributed by atoms with E-state index in [-0.39, 0.29) is 25.7 Å². The van der Waals surface area contributed by atoms with Crippen LogP contribution in [0.15, 0.2) is 0 Å². The van der Waals surface area contributed by atoms with Crippen molar-refractivity contribution in [2.24, 2.45) is 17.8 Å². The molecule has 0 spiro atoms. The number of ether oxygens (including phenoxy) is 4. The highest BCUT2D eigenvalue weighted by Crippen LogP contribution is 2.45. The number of rotatable bonds is 71. The molecule has 0 saturated heterocycles. The van der Waals surface area contributed by atoms with Gasteiger partial charge in [0.05, 0.1) is 26.4 Å². The predicted octanol–water partition coefficient (Wildman–Crippen LogP) is 21.0. The number of esters is 4. The van der Waals surface area contributed by atoms with Crippen molar-refractivity contribution in [1.29, 1.82) is 0 Å². The van der Waals surface area contributed by atoms with Crippen molar-refractivity contribution in [3.8, 4) is 0 Å². The van der Waals surface area contributed by atoms with Crippen molar-refractivity contribution in [3.63, 3.8) is 0 Å². The molecule has 0 fully saturated rings. The molecule has 0 rings (SSSR count). The Bertz CT molecular complexity index is 1800. The maximum atomic E-state index is 13.1. The summed E-state index contributed by atoms with van der Waals surface area (Å²) in [4.78, 5) is 72.7. The highest BCUT2D eigenvalue weighted by Gasteiger charge is 2.30. The Balaban J connectivity index is 5.24. The molecule has 0 heterocycles. The highest BCUT2D eigenvalue weighted by atomic mass is 31.2. The molecule has 0 aromatic rings. The smallest absolute Gasteiger partial charge is 0.462 e. The van der Waals surface area contributed by atoms with Gasteiger partial charge < -0.3 is 33.8 Å². The first-order chi connectivity index (χ1) is 44.3. The van der Waals surface area contributed by atoms with Crippen molar-refractivity contribution in [1.82, 2.24) is 0 Å². The molecule has 19 heteroatoms. The van der Waals surface area contributed by atoms with E-state index in [0.29, 0.717) is 25.7 Å². The maximum Gasteiger partial charge on any atom is 0.472 e. The number of carbonyl (C=O) groups excluding carboxylic acids is 4. The summed E-state index contributed by atoms with van der Waals surface area (Å²) in [6.07, 6.45) is 48.5. The maximum absolute atomic E-state index is 13.1. The summed E-state index contributed by atoms with van der Waals surface area (Å²) in [5, 5.41) is 10.6. The lowest BCUT2D eigenvalue weighted by Gasteiger charge is -2.21. The van der Waals surface area contributed by atoms with Gasteiger partial charge in [-0.25, -0.2) is 9.13 Å². The van der Waals surface area contributed by atoms with Crippen LogP contribution in [0.5, 0.6) is 0 Å². The van der Waals surface area contributed by atoms with Crippen LogP contribution >= 0.6 is 15.6 Å². The number of aliphatic hydroxyl groups is 1. The number of hydrogen-bond donors (Lipinski definition) is 3. The van der Waals surface area contributed by atoms with Gasteiger partial charge in [0, 0.05) is 25.7 Å². The number of phosphoric ester groups is 2. The third kappa shape index (κ3) is 65.4. The average Bonchev–Trinajstić information content (AvgIpc) is 3.64. The lowest BCUT2D eigenvalue weighted by Crippen LogP contribution is -2.30. The van der Waals surface area contributed by atoms with Crippen LogP contribution in [0.2, 0.25) is 0 Å². The van der Waals surface area contributed by atoms with Gasteiger partial charge in [0.15, 0.2) is 12.2 Å². The quantitative estimate of drug-likeness (QED) is 0.0222. The van der Waals surface area contributed by atoms with Gasteiger partial charge in [-0.3, -0.25) is 37.3 Å². The van der Waals surface area contributed by atoms with Crippen LogP contribution in [0.3, 0.4) is 0 Å². The van der Waals surface area contributed by atoms with Gasteiger partial charge in [-0.1, -0.05) is 318 Å². The average molecular weight is 1350 g/mol. The van der Waals surface area contributed by atoms with Gasteiger partial charge in [0.2, 0.25) is 0 Å². The van der Waals surface area contributed by atoms with Crippen LogP contribution in [0.4, 0.5) is 0 Å². The zero-order valence-corrected chi connectivity index (χ0v) is 61.8. The SMILES string of the molecule is CCCCCCCCCCCCCCC(=O)OC[C@H](COP(=O)(O)OC[C@@H](O)COP(=O)(O)OC[C@@H](COC(=O)CCCCCCCCCCC(C)C)OC(=O)CCCCCCCCCCC(C)C)OC(=O)CCCCCCCCCCCCCCCCC(C)CC. The second kappa shape index (κ2) is 63.8. The monoisotopic (exact) mass is 1350 g/mol. The van der Waals surface area contributed by atoms with E-state index in [4.69, 9.17) is 37.0 Å². The molecule has 0 aromatic heterocycles. The standard InChI is InChI=1S/C73H142O17P2/c1-8-10-11-12-13-14-15-21-24-33-40-47-54-70(75)83-60-68(89-72(77)56-49-42-35-25-22-19-17-16-18-20-23-32-39-46-53-66(7)9-2)62-87-91(79,80)85-58-67(74)59-86-92(81,82)88-63-69(90-73(78)57-50-43-36-29-27-31-38-45-52-65(5)6)61-84-71(76)55-48-41-34-28-26-30-37-44-51-64(3)4/h64-69,74H,8-63H2,1-7H3,(H,79,80)(H,81,82)/t66?,67-,68-,69-/m1/s1. The summed E-state index contributed by atoms with van der Waals surface area (Å²) in [7, 11) is -9.91. The van der Waals surface area contributed by atoms with E-state index < -0.39 is 97.5 Å². The molecule has 3 N–H and O–H groups in total. The first-order valence-electron chi connectivity index (χ1n) is 37.9. The fourth-order valence-corrected chi connectivity index (χ4v) is 12.6. The van der Waals surface area contributed by atoms with Gasteiger partial charge in [0.25, 0.3) is 0 Å². The molecule has 0 radical (unpaired) electrons. The first kappa shape index (κ1) is 90.1. The number of phosphoric acid groups is 2. The van der Waals surface area contributed by atoms with Crippen molar-refractivity contribution < 1.29 is 80.2 Å². The molecule has 3 unspecified atom stereocenters. The van der Waals surface area contributed by atoms with E-state index in [9.17, 15) is 43.2 Å². The third-order valence-electron chi connectivity index (χ3n) is 17.2. The fourth-order valence-electron chi connectivity index (χ4n) is 11.0. The molecule has 0 amide bonds. The predicted molar refractivity (Wildman–Crippen MR) is 372 cm³/mol. The van der Waals surface area contributed by atoms with Crippen LogP contribution in [0.1, 0.15) is 370 Å². The van der Waals surface area contributed by atoms with Crippen LogP contribution < -0.4 is 0 Å². The van der Waals surface area contributed by atoms with Gasteiger partial charge in [-0.2, -0.15) is 0 Å². The number of unbranched alkanes of at least 4 members (excludes halogenated alkanes) is 38. The summed E-state index contributed by atoms with van der Waals surface area (Å²) < 4.78 is 68.4. The van der Waals surface area contributed by atoms with Gasteiger partial charge >= 0.3 is 39.5 Å². The highest BCUT2D eigenvalue weighted by molar-refractivity contribution is 7.47. The second-order valence-electron chi connectivity index (χ2n) is 27.5. The Kier molecular flexibility index (Phi) is 62.4. The Labute approximate surface area is 562 Å². The summed E-state index contributed by atoms with van der Waals surface area (Å²) in [6, 6.07) is 0. The van der Waals surface area contributed by atoms with Gasteiger partial charge in [0.1, 0.15) is 19.3 Å². The lowest BCUT2D eigenvalue weighted by molar-refractivity contribution is -0.161. The van der Waals surface area contributed by atoms with Crippen LogP contribution in [-0.2, 0) is 65.4 Å². The van der Waals surface area contributed by atoms with Gasteiger partial charge in [-0.15, -0.1) is 0 Å². The number of aliphatic hydroxyl groups excluding tert-OH is 1. The minimum Gasteiger partial charge on any atom is -0.462 e. The fraction of sp³-hybridized carbons (Fsp3) is 0.945. The first-order valence-corrected chi connectivity index (χ1v) is 40.9. The molecule has 0 aliphatic heterocycles. The topological polar surface area (TPSA) is 237 Å².